The predicted molar refractivity (Wildman–Crippen MR) is 212 cm³/mol. The molecule has 0 aliphatic rings. The van der Waals surface area contributed by atoms with Gasteiger partial charge in [-0.05, 0) is 89.3 Å². The number of aromatic nitrogens is 2. The summed E-state index contributed by atoms with van der Waals surface area (Å²) in [4.78, 5) is 3.67. The Bertz CT molecular complexity index is 3090. The van der Waals surface area contributed by atoms with Crippen molar-refractivity contribution >= 4 is 71.2 Å². The van der Waals surface area contributed by atoms with Crippen LogP contribution in [-0.4, -0.2) is 9.13 Å². The normalized spacial score (nSPS) is 11.0. The molecule has 0 N–H and O–H groups in total. The van der Waals surface area contributed by atoms with Crippen LogP contribution in [0.4, 0.5) is 5.69 Å². The van der Waals surface area contributed by atoms with E-state index in [0.29, 0.717) is 11.3 Å². The van der Waals surface area contributed by atoms with E-state index in [4.69, 9.17) is 11.0 Å². The van der Waals surface area contributed by atoms with Crippen molar-refractivity contribution in [3.63, 3.8) is 0 Å². The van der Waals surface area contributed by atoms with Crippen molar-refractivity contribution in [1.29, 1.82) is 5.26 Å². The summed E-state index contributed by atoms with van der Waals surface area (Å²) in [5, 5.41) is 16.7. The van der Waals surface area contributed by atoms with Crippen molar-refractivity contribution < 1.29 is 35.5 Å². The summed E-state index contributed by atoms with van der Waals surface area (Å²) in [6.07, 6.45) is 0. The van der Waals surface area contributed by atoms with Crippen molar-refractivity contribution in [2.75, 3.05) is 0 Å². The molecule has 0 radical (unpaired) electrons. The molecule has 0 atom stereocenters. The molecule has 0 aliphatic carbocycles. The fourth-order valence-electron chi connectivity index (χ4n) is 7.62. The van der Waals surface area contributed by atoms with Crippen molar-refractivity contribution in [3.8, 4) is 28.6 Å². The van der Waals surface area contributed by atoms with E-state index in [1.807, 2.05) is 54.6 Å². The zero-order chi connectivity index (χ0) is 32.6. The molecule has 5 nitrogen and oxygen atoms in total. The Morgan fingerprint density at radius 1 is 0.538 bits per heavy atom. The topological polar surface area (TPSA) is 51.1 Å². The first-order valence-corrected chi connectivity index (χ1v) is 16.1. The molecule has 0 saturated carbocycles. The molecular formula is C46H32N4OU. The van der Waals surface area contributed by atoms with Gasteiger partial charge in [-0.25, -0.2) is 4.85 Å². The minimum atomic E-state index is 0. The maximum absolute atomic E-state index is 10.2. The number of rotatable bonds is 3. The number of para-hydroxylation sites is 3. The Morgan fingerprint density at radius 3 is 1.98 bits per heavy atom. The second-order valence-corrected chi connectivity index (χ2v) is 12.4. The molecule has 0 amide bonds. The van der Waals surface area contributed by atoms with E-state index in [1.165, 1.54) is 0 Å². The molecule has 10 rings (SSSR count). The molecule has 0 unspecified atom stereocenters. The molecule has 0 spiro atoms. The van der Waals surface area contributed by atoms with Crippen LogP contribution in [0.5, 0.6) is 0 Å². The first kappa shape index (κ1) is 34.4. The molecule has 10 aromatic rings. The van der Waals surface area contributed by atoms with Gasteiger partial charge in [0.25, 0.3) is 0 Å². The molecular weight excluding hydrogens is 863 g/mol. The molecule has 3 aromatic heterocycles. The van der Waals surface area contributed by atoms with Crippen LogP contribution in [0.15, 0.2) is 150 Å². The second kappa shape index (κ2) is 13.3. The summed E-state index contributed by atoms with van der Waals surface area (Å²) in [6.45, 7) is 7.57. The molecule has 0 saturated heterocycles. The van der Waals surface area contributed by atoms with Gasteiger partial charge < -0.3 is 13.6 Å². The van der Waals surface area contributed by atoms with Gasteiger partial charge in [0.05, 0.1) is 45.7 Å². The van der Waals surface area contributed by atoms with E-state index in [9.17, 15) is 5.26 Å². The maximum atomic E-state index is 10.2. The number of nitriles is 1. The Morgan fingerprint density at radius 2 is 1.19 bits per heavy atom. The summed E-state index contributed by atoms with van der Waals surface area (Å²) in [6, 6.07) is 52.0. The van der Waals surface area contributed by atoms with Gasteiger partial charge in [-0.15, -0.1) is 0 Å². The Labute approximate surface area is 325 Å². The average molecular weight is 895 g/mol. The molecule has 0 fully saturated rings. The van der Waals surface area contributed by atoms with Gasteiger partial charge in [0.1, 0.15) is 11.2 Å². The average Bonchev–Trinajstić information content (AvgIpc) is 3.82. The minimum absolute atomic E-state index is 0. The van der Waals surface area contributed by atoms with Crippen LogP contribution in [0, 0.1) is 49.0 Å². The quantitative estimate of drug-likeness (QED) is 0.166. The zero-order valence-corrected chi connectivity index (χ0v) is 30.7. The van der Waals surface area contributed by atoms with Crippen LogP contribution in [0.25, 0.3) is 92.9 Å². The van der Waals surface area contributed by atoms with Crippen LogP contribution in [0.2, 0.25) is 0 Å². The van der Waals surface area contributed by atoms with Crippen LogP contribution in [-0.2, 0) is 0 Å². The number of nitrogens with zero attached hydrogens (tertiary/aromatic N) is 4. The predicted octanol–water partition coefficient (Wildman–Crippen LogP) is 13.1. The third-order valence-corrected chi connectivity index (χ3v) is 9.71. The van der Waals surface area contributed by atoms with Crippen molar-refractivity contribution in [2.24, 2.45) is 0 Å². The largest absolute Gasteiger partial charge is 0.455 e. The van der Waals surface area contributed by atoms with Gasteiger partial charge in [-0.1, -0.05) is 87.6 Å². The van der Waals surface area contributed by atoms with Crippen molar-refractivity contribution in [1.82, 2.24) is 9.13 Å². The third kappa shape index (κ3) is 5.04. The monoisotopic (exact) mass is 894 g/mol. The van der Waals surface area contributed by atoms with Gasteiger partial charge in [0.2, 0.25) is 0 Å². The van der Waals surface area contributed by atoms with Gasteiger partial charge in [0, 0.05) is 64.0 Å². The SMILES string of the molecule is C.C.[C-]#[N+]c1ccc2c(c1)c1ccccc1n2-c1cc(C#N)cc(-c2cccc(-n3c4ccccc4c4c5oc6ccccc6c5ccc43)c2)c1.[U]. The smallest absolute Gasteiger partial charge is 0.188 e. The van der Waals surface area contributed by atoms with E-state index in [1.54, 1.807) is 0 Å². The van der Waals surface area contributed by atoms with Gasteiger partial charge >= 0.3 is 0 Å². The fourth-order valence-corrected chi connectivity index (χ4v) is 7.62. The summed E-state index contributed by atoms with van der Waals surface area (Å²) in [7, 11) is 0. The van der Waals surface area contributed by atoms with Crippen LogP contribution >= 0.6 is 0 Å². The number of fused-ring (bicyclic) bond motifs is 10. The summed E-state index contributed by atoms with van der Waals surface area (Å²) in [5.41, 5.74) is 11.0. The summed E-state index contributed by atoms with van der Waals surface area (Å²) >= 11 is 0. The summed E-state index contributed by atoms with van der Waals surface area (Å²) in [5.74, 6) is 0. The van der Waals surface area contributed by atoms with Crippen LogP contribution in [0.1, 0.15) is 20.4 Å². The minimum Gasteiger partial charge on any atom is -0.455 e. The Balaban J connectivity index is 0.00000140. The first-order chi connectivity index (χ1) is 24.2. The molecule has 0 aliphatic heterocycles. The van der Waals surface area contributed by atoms with Crippen LogP contribution in [0.3, 0.4) is 0 Å². The third-order valence-electron chi connectivity index (χ3n) is 9.71. The van der Waals surface area contributed by atoms with E-state index in [0.717, 1.165) is 88.1 Å². The Hall–Kier alpha value is -6.03. The van der Waals surface area contributed by atoms with E-state index < -0.39 is 0 Å². The van der Waals surface area contributed by atoms with Crippen molar-refractivity contribution in [3.05, 3.63) is 163 Å². The fraction of sp³-hybridized carbons (Fsp3) is 0.0435. The van der Waals surface area contributed by atoms with Gasteiger partial charge in [-0.3, -0.25) is 0 Å². The van der Waals surface area contributed by atoms with E-state index in [2.05, 4.69) is 111 Å². The molecule has 52 heavy (non-hydrogen) atoms. The molecule has 6 heteroatoms. The number of hydrogen-bond acceptors (Lipinski definition) is 2. The van der Waals surface area contributed by atoms with Gasteiger partial charge in [0.15, 0.2) is 5.69 Å². The maximum Gasteiger partial charge on any atom is 0.188 e. The van der Waals surface area contributed by atoms with Crippen molar-refractivity contribution in [2.45, 2.75) is 14.9 Å². The van der Waals surface area contributed by atoms with E-state index in [-0.39, 0.29) is 46.0 Å². The second-order valence-electron chi connectivity index (χ2n) is 12.4. The van der Waals surface area contributed by atoms with Crippen LogP contribution < -0.4 is 0 Å². The molecule has 246 valence electrons. The van der Waals surface area contributed by atoms with E-state index >= 15 is 0 Å². The zero-order valence-electron chi connectivity index (χ0n) is 26.6. The first-order valence-electron chi connectivity index (χ1n) is 16.1. The van der Waals surface area contributed by atoms with Gasteiger partial charge in [-0.2, -0.15) is 5.26 Å². The molecule has 0 bridgehead atoms. The number of furan rings is 1. The molecule has 7 aromatic carbocycles. The number of hydrogen-bond donors (Lipinski definition) is 0. The standard InChI is InChI=1S/C44H24N4O.2CH4.U/c1-46-30-17-19-40-37(25-30)33-11-2-5-14-38(33)48(40)32-22-27(26-45)21-29(24-32)28-9-8-10-31(23-28)47-39-15-6-3-13-36(39)43-41(47)20-18-35-34-12-4-7-16-42(34)49-44(35)43;;;/h2-25H;2*1H4;. The summed E-state index contributed by atoms with van der Waals surface area (Å²) < 4.78 is 11.0. The molecule has 3 heterocycles. The number of benzene rings is 7. The Kier molecular flexibility index (Phi) is 8.78.